The highest BCUT2D eigenvalue weighted by molar-refractivity contribution is 7.90. The number of nitrogens with zero attached hydrogens (tertiary/aromatic N) is 1. The zero-order chi connectivity index (χ0) is 16.5. The van der Waals surface area contributed by atoms with E-state index in [0.29, 0.717) is 0 Å². The molecule has 2 rings (SSSR count). The van der Waals surface area contributed by atoms with Crippen molar-refractivity contribution in [3.8, 4) is 0 Å². The first kappa shape index (κ1) is 16.9. The maximum Gasteiger partial charge on any atom is 0.302 e. The van der Waals surface area contributed by atoms with Crippen molar-refractivity contribution >= 4 is 26.0 Å². The quantitative estimate of drug-likeness (QED) is 0.732. The highest BCUT2D eigenvalue weighted by Gasteiger charge is 2.32. The summed E-state index contributed by atoms with van der Waals surface area (Å²) in [7, 11) is -7.87. The molecule has 0 radical (unpaired) electrons. The van der Waals surface area contributed by atoms with Crippen LogP contribution in [0.1, 0.15) is 12.0 Å². The van der Waals surface area contributed by atoms with Gasteiger partial charge in [-0.3, -0.25) is 4.79 Å². The number of carbonyl (C=O) groups is 1. The molecule has 1 atom stereocenters. The van der Waals surface area contributed by atoms with Crippen LogP contribution in [0.2, 0.25) is 0 Å². The molecule has 122 valence electrons. The third-order valence-electron chi connectivity index (χ3n) is 3.45. The standard InChI is InChI=1S/C13H16FNO5S2/c1-21(17,18)12-4-2-10(3-5-12)7-15-8-11(6-13(15)16)9-22(14,19)20/h2-5,11H,6-9H2,1H3. The maximum absolute atomic E-state index is 12.7. The lowest BCUT2D eigenvalue weighted by molar-refractivity contribution is -0.128. The molecule has 0 bridgehead atoms. The fourth-order valence-electron chi connectivity index (χ4n) is 2.46. The summed E-state index contributed by atoms with van der Waals surface area (Å²) in [5, 5.41) is 0. The lowest BCUT2D eigenvalue weighted by Gasteiger charge is -2.16. The number of halogens is 1. The minimum atomic E-state index is -4.59. The smallest absolute Gasteiger partial charge is 0.302 e. The minimum Gasteiger partial charge on any atom is -0.338 e. The van der Waals surface area contributed by atoms with E-state index in [9.17, 15) is 25.5 Å². The average Bonchev–Trinajstić information content (AvgIpc) is 2.66. The second-order valence-electron chi connectivity index (χ2n) is 5.47. The first-order valence-corrected chi connectivity index (χ1v) is 9.98. The molecule has 0 aliphatic carbocycles. The van der Waals surface area contributed by atoms with Gasteiger partial charge in [-0.1, -0.05) is 12.1 Å². The van der Waals surface area contributed by atoms with Gasteiger partial charge in [-0.25, -0.2) is 8.42 Å². The largest absolute Gasteiger partial charge is 0.338 e. The maximum atomic E-state index is 12.7. The van der Waals surface area contributed by atoms with Crippen molar-refractivity contribution in [3.63, 3.8) is 0 Å². The van der Waals surface area contributed by atoms with Gasteiger partial charge in [0.05, 0.1) is 10.6 Å². The summed E-state index contributed by atoms with van der Waals surface area (Å²) in [6.45, 7) is 0.418. The Bertz CT molecular complexity index is 771. The second kappa shape index (κ2) is 5.96. The SMILES string of the molecule is CS(=O)(=O)c1ccc(CN2CC(CS(=O)(=O)F)CC2=O)cc1. The summed E-state index contributed by atoms with van der Waals surface area (Å²) in [4.78, 5) is 13.4. The van der Waals surface area contributed by atoms with Crippen LogP contribution in [-0.4, -0.2) is 46.2 Å². The Morgan fingerprint density at radius 2 is 1.77 bits per heavy atom. The number of likely N-dealkylation sites (tertiary alicyclic amines) is 1. The lowest BCUT2D eigenvalue weighted by atomic mass is 10.1. The molecule has 1 saturated heterocycles. The van der Waals surface area contributed by atoms with Gasteiger partial charge in [0, 0.05) is 31.7 Å². The molecule has 1 fully saturated rings. The second-order valence-corrected chi connectivity index (χ2v) is 8.89. The number of hydrogen-bond acceptors (Lipinski definition) is 5. The van der Waals surface area contributed by atoms with Crippen molar-refractivity contribution in [1.29, 1.82) is 0 Å². The van der Waals surface area contributed by atoms with Gasteiger partial charge in [-0.15, -0.1) is 3.89 Å². The zero-order valence-corrected chi connectivity index (χ0v) is 13.5. The summed E-state index contributed by atoms with van der Waals surface area (Å²) < 4.78 is 56.7. The molecule has 1 aliphatic heterocycles. The molecule has 0 aromatic heterocycles. The Hall–Kier alpha value is -1.48. The Labute approximate surface area is 129 Å². The Balaban J connectivity index is 2.04. The molecular formula is C13H16FNO5S2. The minimum absolute atomic E-state index is 0.00454. The molecule has 6 nitrogen and oxygen atoms in total. The molecule has 1 aromatic rings. The van der Waals surface area contributed by atoms with Crippen LogP contribution in [0.25, 0.3) is 0 Å². The molecule has 22 heavy (non-hydrogen) atoms. The summed E-state index contributed by atoms with van der Waals surface area (Å²) in [6, 6.07) is 6.11. The molecule has 1 unspecified atom stereocenters. The van der Waals surface area contributed by atoms with Crippen molar-refractivity contribution in [2.75, 3.05) is 18.6 Å². The highest BCUT2D eigenvalue weighted by Crippen LogP contribution is 2.22. The van der Waals surface area contributed by atoms with Gasteiger partial charge in [0.2, 0.25) is 5.91 Å². The van der Waals surface area contributed by atoms with Gasteiger partial charge < -0.3 is 4.90 Å². The molecule has 1 aromatic carbocycles. The molecule has 0 spiro atoms. The fraction of sp³-hybridized carbons (Fsp3) is 0.462. The zero-order valence-electron chi connectivity index (χ0n) is 11.9. The lowest BCUT2D eigenvalue weighted by Crippen LogP contribution is -2.25. The number of carbonyl (C=O) groups excluding carboxylic acids is 1. The van der Waals surface area contributed by atoms with Crippen molar-refractivity contribution in [1.82, 2.24) is 4.90 Å². The topological polar surface area (TPSA) is 88.6 Å². The molecule has 0 saturated carbocycles. The van der Waals surface area contributed by atoms with Gasteiger partial charge in [-0.05, 0) is 17.7 Å². The van der Waals surface area contributed by atoms with Crippen molar-refractivity contribution in [2.24, 2.45) is 5.92 Å². The van der Waals surface area contributed by atoms with E-state index >= 15 is 0 Å². The molecule has 0 N–H and O–H groups in total. The van der Waals surface area contributed by atoms with E-state index in [0.717, 1.165) is 11.8 Å². The van der Waals surface area contributed by atoms with Gasteiger partial charge in [0.15, 0.2) is 9.84 Å². The number of sulfone groups is 1. The summed E-state index contributed by atoms with van der Waals surface area (Å²) in [5.74, 6) is -1.43. The van der Waals surface area contributed by atoms with Crippen LogP contribution >= 0.6 is 0 Å². The summed E-state index contributed by atoms with van der Waals surface area (Å²) >= 11 is 0. The normalized spacial score (nSPS) is 19.6. The van der Waals surface area contributed by atoms with E-state index < -0.39 is 31.7 Å². The molecule has 1 heterocycles. The predicted octanol–water partition coefficient (Wildman–Crippen LogP) is 0.738. The Morgan fingerprint density at radius 1 is 1.18 bits per heavy atom. The van der Waals surface area contributed by atoms with Crippen LogP contribution in [0.15, 0.2) is 29.2 Å². The van der Waals surface area contributed by atoms with Crippen LogP contribution in [0.5, 0.6) is 0 Å². The van der Waals surface area contributed by atoms with E-state index in [1.807, 2.05) is 0 Å². The first-order chi connectivity index (χ1) is 10.0. The monoisotopic (exact) mass is 349 g/mol. The summed E-state index contributed by atoms with van der Waals surface area (Å²) in [5.41, 5.74) is 0.726. The molecular weight excluding hydrogens is 333 g/mol. The van der Waals surface area contributed by atoms with Crippen LogP contribution in [0, 0.1) is 5.92 Å². The van der Waals surface area contributed by atoms with E-state index in [4.69, 9.17) is 0 Å². The molecule has 9 heteroatoms. The predicted molar refractivity (Wildman–Crippen MR) is 78.0 cm³/mol. The summed E-state index contributed by atoms with van der Waals surface area (Å²) in [6.07, 6.45) is 1.11. The first-order valence-electron chi connectivity index (χ1n) is 6.54. The van der Waals surface area contributed by atoms with Crippen molar-refractivity contribution in [2.45, 2.75) is 17.9 Å². The van der Waals surface area contributed by atoms with Crippen LogP contribution in [-0.2, 0) is 31.4 Å². The third kappa shape index (κ3) is 4.51. The van der Waals surface area contributed by atoms with Gasteiger partial charge in [-0.2, -0.15) is 8.42 Å². The number of benzene rings is 1. The fourth-order valence-corrected chi connectivity index (χ4v) is 3.88. The number of hydrogen-bond donors (Lipinski definition) is 0. The van der Waals surface area contributed by atoms with Crippen LogP contribution in [0.4, 0.5) is 3.89 Å². The van der Waals surface area contributed by atoms with Gasteiger partial charge in [0.1, 0.15) is 0 Å². The van der Waals surface area contributed by atoms with Gasteiger partial charge in [0.25, 0.3) is 0 Å². The van der Waals surface area contributed by atoms with E-state index in [-0.39, 0.29) is 30.3 Å². The van der Waals surface area contributed by atoms with Gasteiger partial charge >= 0.3 is 10.2 Å². The van der Waals surface area contributed by atoms with E-state index in [2.05, 4.69) is 0 Å². The molecule has 1 aliphatic rings. The van der Waals surface area contributed by atoms with Crippen LogP contribution < -0.4 is 0 Å². The van der Waals surface area contributed by atoms with Crippen molar-refractivity contribution < 1.29 is 25.5 Å². The highest BCUT2D eigenvalue weighted by atomic mass is 32.3. The molecule has 1 amide bonds. The third-order valence-corrected chi connectivity index (χ3v) is 5.45. The number of amides is 1. The average molecular weight is 349 g/mol. The Morgan fingerprint density at radius 3 is 2.27 bits per heavy atom. The Kier molecular flexibility index (Phi) is 4.57. The van der Waals surface area contributed by atoms with Crippen molar-refractivity contribution in [3.05, 3.63) is 29.8 Å². The van der Waals surface area contributed by atoms with E-state index in [1.54, 1.807) is 12.1 Å². The van der Waals surface area contributed by atoms with E-state index in [1.165, 1.54) is 17.0 Å². The van der Waals surface area contributed by atoms with Crippen LogP contribution in [0.3, 0.4) is 0 Å². The number of rotatable bonds is 5.